The van der Waals surface area contributed by atoms with Gasteiger partial charge in [0, 0.05) is 5.69 Å². The van der Waals surface area contributed by atoms with Gasteiger partial charge in [0.15, 0.2) is 0 Å². The highest BCUT2D eigenvalue weighted by Crippen LogP contribution is 2.09. The summed E-state index contributed by atoms with van der Waals surface area (Å²) in [6.07, 6.45) is -0.457. The number of benzene rings is 1. The number of ether oxygens (including phenoxy) is 1. The lowest BCUT2D eigenvalue weighted by atomic mass is 10.2. The summed E-state index contributed by atoms with van der Waals surface area (Å²) in [5.74, 6) is -0.871. The Balaban J connectivity index is 2.44. The molecule has 0 aromatic heterocycles. The Morgan fingerprint density at radius 1 is 1.24 bits per heavy atom. The molecule has 92 valence electrons. The van der Waals surface area contributed by atoms with Gasteiger partial charge >= 0.3 is 5.97 Å². The van der Waals surface area contributed by atoms with Gasteiger partial charge in [-0.2, -0.15) is 0 Å². The first-order valence-corrected chi connectivity index (χ1v) is 5.53. The number of aryl methyl sites for hydroxylation is 1. The van der Waals surface area contributed by atoms with E-state index >= 15 is 0 Å². The molecule has 17 heavy (non-hydrogen) atoms. The van der Waals surface area contributed by atoms with Crippen molar-refractivity contribution in [2.75, 3.05) is 5.32 Å². The molecule has 0 atom stereocenters. The SMILES string of the molecule is Cc1ccc(NC(=O)CC(=O)OC(C)C)cc1. The molecule has 0 aliphatic rings. The van der Waals surface area contributed by atoms with Crippen LogP contribution in [0.25, 0.3) is 0 Å². The molecule has 1 amide bonds. The predicted molar refractivity (Wildman–Crippen MR) is 65.7 cm³/mol. The van der Waals surface area contributed by atoms with Crippen LogP contribution in [0, 0.1) is 6.92 Å². The van der Waals surface area contributed by atoms with Crippen molar-refractivity contribution in [1.29, 1.82) is 0 Å². The van der Waals surface area contributed by atoms with Crippen molar-refractivity contribution in [2.24, 2.45) is 0 Å². The fraction of sp³-hybridized carbons (Fsp3) is 0.385. The molecule has 0 fully saturated rings. The van der Waals surface area contributed by atoms with Gasteiger partial charge in [0.05, 0.1) is 6.10 Å². The minimum Gasteiger partial charge on any atom is -0.463 e. The van der Waals surface area contributed by atoms with Crippen molar-refractivity contribution in [2.45, 2.75) is 33.3 Å². The Kier molecular flexibility index (Phi) is 4.69. The number of amides is 1. The average Bonchev–Trinajstić information content (AvgIpc) is 2.19. The minimum absolute atomic E-state index is 0.199. The first-order valence-electron chi connectivity index (χ1n) is 5.53. The third-order valence-electron chi connectivity index (χ3n) is 2.01. The van der Waals surface area contributed by atoms with Crippen LogP contribution in [0.15, 0.2) is 24.3 Å². The molecule has 0 saturated heterocycles. The predicted octanol–water partition coefficient (Wildman–Crippen LogP) is 2.28. The van der Waals surface area contributed by atoms with Crippen LogP contribution in [0.4, 0.5) is 5.69 Å². The number of carbonyl (C=O) groups excluding carboxylic acids is 2. The van der Waals surface area contributed by atoms with E-state index in [1.807, 2.05) is 19.1 Å². The molecule has 4 heteroatoms. The molecule has 0 saturated carbocycles. The normalized spacial score (nSPS) is 10.1. The van der Waals surface area contributed by atoms with E-state index < -0.39 is 5.97 Å². The lowest BCUT2D eigenvalue weighted by molar-refractivity contribution is -0.148. The molecule has 0 aliphatic heterocycles. The van der Waals surface area contributed by atoms with Gasteiger partial charge in [-0.15, -0.1) is 0 Å². The first-order chi connectivity index (χ1) is 7.97. The zero-order chi connectivity index (χ0) is 12.8. The Bertz CT molecular complexity index is 396. The summed E-state index contributed by atoms with van der Waals surface area (Å²) < 4.78 is 4.88. The minimum atomic E-state index is -0.510. The number of hydrogen-bond acceptors (Lipinski definition) is 3. The second-order valence-corrected chi connectivity index (χ2v) is 4.13. The molecule has 0 aliphatic carbocycles. The van der Waals surface area contributed by atoms with Crippen molar-refractivity contribution in [3.05, 3.63) is 29.8 Å². The van der Waals surface area contributed by atoms with Crippen LogP contribution in [0.3, 0.4) is 0 Å². The van der Waals surface area contributed by atoms with E-state index in [2.05, 4.69) is 5.32 Å². The smallest absolute Gasteiger partial charge is 0.315 e. The maximum atomic E-state index is 11.5. The molecule has 1 rings (SSSR count). The van der Waals surface area contributed by atoms with Crippen molar-refractivity contribution >= 4 is 17.6 Å². The molecule has 0 bridgehead atoms. The van der Waals surface area contributed by atoms with Gasteiger partial charge in [0.1, 0.15) is 6.42 Å². The van der Waals surface area contributed by atoms with Crippen LogP contribution in [0.1, 0.15) is 25.8 Å². The summed E-state index contributed by atoms with van der Waals surface area (Å²) in [4.78, 5) is 22.7. The van der Waals surface area contributed by atoms with Gasteiger partial charge in [0.2, 0.25) is 5.91 Å². The van der Waals surface area contributed by atoms with E-state index in [4.69, 9.17) is 4.74 Å². The number of anilines is 1. The number of rotatable bonds is 4. The molecule has 0 heterocycles. The maximum Gasteiger partial charge on any atom is 0.315 e. The molecule has 1 aromatic rings. The van der Waals surface area contributed by atoms with Crippen molar-refractivity contribution in [3.8, 4) is 0 Å². The summed E-state index contributed by atoms with van der Waals surface area (Å²) in [7, 11) is 0. The van der Waals surface area contributed by atoms with Gasteiger partial charge in [-0.05, 0) is 32.9 Å². The standard InChI is InChI=1S/C13H17NO3/c1-9(2)17-13(16)8-12(15)14-11-6-4-10(3)5-7-11/h4-7,9H,8H2,1-3H3,(H,14,15). The Labute approximate surface area is 101 Å². The van der Waals surface area contributed by atoms with Crippen LogP contribution < -0.4 is 5.32 Å². The number of esters is 1. The summed E-state index contributed by atoms with van der Waals surface area (Å²) >= 11 is 0. The van der Waals surface area contributed by atoms with Crippen molar-refractivity contribution in [3.63, 3.8) is 0 Å². The molecule has 0 unspecified atom stereocenters. The Morgan fingerprint density at radius 3 is 2.35 bits per heavy atom. The highest BCUT2D eigenvalue weighted by molar-refractivity contribution is 6.01. The lowest BCUT2D eigenvalue weighted by Crippen LogP contribution is -2.20. The second-order valence-electron chi connectivity index (χ2n) is 4.13. The van der Waals surface area contributed by atoms with E-state index in [-0.39, 0.29) is 18.4 Å². The molecular weight excluding hydrogens is 218 g/mol. The van der Waals surface area contributed by atoms with Crippen LogP contribution in [0.5, 0.6) is 0 Å². The second kappa shape index (κ2) is 6.03. The summed E-state index contributed by atoms with van der Waals surface area (Å²) in [5.41, 5.74) is 1.79. The van der Waals surface area contributed by atoms with Crippen LogP contribution in [-0.2, 0) is 14.3 Å². The number of hydrogen-bond donors (Lipinski definition) is 1. The largest absolute Gasteiger partial charge is 0.463 e. The zero-order valence-electron chi connectivity index (χ0n) is 10.3. The fourth-order valence-corrected chi connectivity index (χ4v) is 1.28. The molecule has 1 N–H and O–H groups in total. The van der Waals surface area contributed by atoms with Crippen LogP contribution >= 0.6 is 0 Å². The van der Waals surface area contributed by atoms with Gasteiger partial charge in [0.25, 0.3) is 0 Å². The van der Waals surface area contributed by atoms with Gasteiger partial charge in [-0.3, -0.25) is 9.59 Å². The third kappa shape index (κ3) is 5.15. The quantitative estimate of drug-likeness (QED) is 0.643. The van der Waals surface area contributed by atoms with Gasteiger partial charge < -0.3 is 10.1 Å². The molecular formula is C13H17NO3. The monoisotopic (exact) mass is 235 g/mol. The molecule has 1 aromatic carbocycles. The van der Waals surface area contributed by atoms with E-state index in [0.29, 0.717) is 5.69 Å². The summed E-state index contributed by atoms with van der Waals surface area (Å²) in [6, 6.07) is 7.37. The molecule has 4 nitrogen and oxygen atoms in total. The average molecular weight is 235 g/mol. The van der Waals surface area contributed by atoms with Crippen LogP contribution in [0.2, 0.25) is 0 Å². The Morgan fingerprint density at radius 2 is 1.82 bits per heavy atom. The van der Waals surface area contributed by atoms with Crippen molar-refractivity contribution < 1.29 is 14.3 Å². The highest BCUT2D eigenvalue weighted by Gasteiger charge is 2.12. The van der Waals surface area contributed by atoms with E-state index in [0.717, 1.165) is 5.56 Å². The fourth-order valence-electron chi connectivity index (χ4n) is 1.28. The lowest BCUT2D eigenvalue weighted by Gasteiger charge is -2.08. The number of nitrogens with one attached hydrogen (secondary N) is 1. The summed E-state index contributed by atoms with van der Waals surface area (Å²) in [5, 5.41) is 2.63. The van der Waals surface area contributed by atoms with Crippen LogP contribution in [-0.4, -0.2) is 18.0 Å². The topological polar surface area (TPSA) is 55.4 Å². The highest BCUT2D eigenvalue weighted by atomic mass is 16.5. The van der Waals surface area contributed by atoms with Gasteiger partial charge in [-0.25, -0.2) is 0 Å². The van der Waals surface area contributed by atoms with E-state index in [1.54, 1.807) is 26.0 Å². The first kappa shape index (κ1) is 13.2. The summed E-state index contributed by atoms with van der Waals surface area (Å²) in [6.45, 7) is 5.46. The van der Waals surface area contributed by atoms with E-state index in [9.17, 15) is 9.59 Å². The maximum absolute atomic E-state index is 11.5. The Hall–Kier alpha value is -1.84. The third-order valence-corrected chi connectivity index (χ3v) is 2.01. The van der Waals surface area contributed by atoms with Gasteiger partial charge in [-0.1, -0.05) is 17.7 Å². The molecule has 0 radical (unpaired) electrons. The molecule has 0 spiro atoms. The van der Waals surface area contributed by atoms with E-state index in [1.165, 1.54) is 0 Å². The van der Waals surface area contributed by atoms with Crippen molar-refractivity contribution in [1.82, 2.24) is 0 Å². The zero-order valence-corrected chi connectivity index (χ0v) is 10.3. The number of carbonyl (C=O) groups is 2.